The van der Waals surface area contributed by atoms with Crippen molar-refractivity contribution in [1.29, 1.82) is 5.41 Å². The molecule has 0 aliphatic rings. The number of allylic oxidation sites excluding steroid dienone is 1. The highest BCUT2D eigenvalue weighted by atomic mass is 19.4. The number of anilines is 1. The summed E-state index contributed by atoms with van der Waals surface area (Å²) in [6, 6.07) is 4.40. The van der Waals surface area contributed by atoms with Gasteiger partial charge < -0.3 is 5.32 Å². The van der Waals surface area contributed by atoms with Crippen LogP contribution in [0.5, 0.6) is 0 Å². The van der Waals surface area contributed by atoms with Gasteiger partial charge in [0.1, 0.15) is 0 Å². The molecule has 1 aromatic carbocycles. The van der Waals surface area contributed by atoms with Gasteiger partial charge in [-0.25, -0.2) is 5.06 Å². The molecule has 1 aromatic rings. The Balaban J connectivity index is 2.86. The maximum Gasteiger partial charge on any atom is 0.416 e. The Kier molecular flexibility index (Phi) is 6.24. The van der Waals surface area contributed by atoms with E-state index in [4.69, 9.17) is 5.41 Å². The van der Waals surface area contributed by atoms with Crippen LogP contribution in [-0.4, -0.2) is 36.6 Å². The fraction of sp³-hybridized carbons (Fsp3) is 0.267. The van der Waals surface area contributed by atoms with Crippen LogP contribution in [0.3, 0.4) is 0 Å². The summed E-state index contributed by atoms with van der Waals surface area (Å²) in [7, 11) is 2.44. The molecule has 1 rings (SSSR count). The van der Waals surface area contributed by atoms with E-state index in [0.717, 1.165) is 18.3 Å². The fourth-order valence-corrected chi connectivity index (χ4v) is 1.58. The summed E-state index contributed by atoms with van der Waals surface area (Å²) in [5.41, 5.74) is -1.56. The van der Waals surface area contributed by atoms with E-state index in [1.807, 2.05) is 0 Å². The van der Waals surface area contributed by atoms with Gasteiger partial charge in [-0.05, 0) is 25.1 Å². The number of nitrogens with zero attached hydrogens (tertiary/aromatic N) is 1. The number of amides is 1. The fourth-order valence-electron chi connectivity index (χ4n) is 1.58. The number of nitrogens with one attached hydrogen (secondary N) is 2. The molecule has 0 atom stereocenters. The number of rotatable bonds is 6. The highest BCUT2D eigenvalue weighted by molar-refractivity contribution is 6.67. The average molecular weight is 343 g/mol. The van der Waals surface area contributed by atoms with E-state index < -0.39 is 29.1 Å². The lowest BCUT2D eigenvalue weighted by molar-refractivity contribution is -0.160. The van der Waals surface area contributed by atoms with Crippen molar-refractivity contribution in [2.45, 2.75) is 13.1 Å². The maximum atomic E-state index is 12.6. The molecule has 0 saturated carbocycles. The number of hydroxylamine groups is 2. The number of carbonyl (C=O) groups is 2. The molecule has 9 heteroatoms. The van der Waals surface area contributed by atoms with Crippen LogP contribution in [-0.2, 0) is 20.6 Å². The van der Waals surface area contributed by atoms with Crippen LogP contribution in [0, 0.1) is 5.41 Å². The number of benzene rings is 1. The van der Waals surface area contributed by atoms with Gasteiger partial charge in [0.2, 0.25) is 5.78 Å². The lowest BCUT2D eigenvalue weighted by Crippen LogP contribution is -2.36. The number of hydrogen-bond acceptors (Lipinski definition) is 5. The minimum Gasteiger partial charge on any atom is -0.361 e. The number of carbonyl (C=O) groups excluding carboxylic acids is 2. The first-order valence-corrected chi connectivity index (χ1v) is 6.64. The minimum atomic E-state index is -4.48. The van der Waals surface area contributed by atoms with Crippen molar-refractivity contribution in [2.75, 3.05) is 19.5 Å². The molecule has 0 spiro atoms. The third-order valence-electron chi connectivity index (χ3n) is 3.00. The minimum absolute atomic E-state index is 0.0183. The normalized spacial score (nSPS) is 11.8. The van der Waals surface area contributed by atoms with Gasteiger partial charge in [-0.2, -0.15) is 13.2 Å². The van der Waals surface area contributed by atoms with Gasteiger partial charge in [0.25, 0.3) is 5.91 Å². The third-order valence-corrected chi connectivity index (χ3v) is 3.00. The Morgan fingerprint density at radius 2 is 1.96 bits per heavy atom. The summed E-state index contributed by atoms with van der Waals surface area (Å²) in [5.74, 6) is -1.81. The lowest BCUT2D eigenvalue weighted by Gasteiger charge is -2.13. The number of Topliss-reactive ketones (excluding diaryl/α,β-unsaturated/α-hetero) is 1. The van der Waals surface area contributed by atoms with Crippen molar-refractivity contribution >= 4 is 23.1 Å². The van der Waals surface area contributed by atoms with Crippen molar-refractivity contribution in [3.05, 3.63) is 41.6 Å². The molecular formula is C15H16F3N3O3. The molecule has 0 saturated heterocycles. The maximum absolute atomic E-state index is 12.6. The molecule has 0 bridgehead atoms. The number of ketones is 1. The van der Waals surface area contributed by atoms with Gasteiger partial charge >= 0.3 is 6.18 Å². The molecule has 130 valence electrons. The van der Waals surface area contributed by atoms with Crippen LogP contribution in [0.2, 0.25) is 0 Å². The quantitative estimate of drug-likeness (QED) is 0.360. The molecule has 0 aromatic heterocycles. The average Bonchev–Trinajstić information content (AvgIpc) is 2.56. The zero-order chi connectivity index (χ0) is 18.5. The van der Waals surface area contributed by atoms with Crippen molar-refractivity contribution in [1.82, 2.24) is 5.06 Å². The summed E-state index contributed by atoms with van der Waals surface area (Å²) in [5, 5.41) is 10.8. The first-order valence-electron chi connectivity index (χ1n) is 6.64. The lowest BCUT2D eigenvalue weighted by atomic mass is 10.1. The third kappa shape index (κ3) is 4.92. The Bertz CT molecular complexity index is 684. The summed E-state index contributed by atoms with van der Waals surface area (Å²) in [4.78, 5) is 28.2. The van der Waals surface area contributed by atoms with E-state index in [9.17, 15) is 22.8 Å². The van der Waals surface area contributed by atoms with Crippen LogP contribution in [0.25, 0.3) is 0 Å². The number of alkyl halides is 3. The Hall–Kier alpha value is -2.68. The highest BCUT2D eigenvalue weighted by Gasteiger charge is 2.30. The zero-order valence-electron chi connectivity index (χ0n) is 13.2. The number of halogens is 3. The van der Waals surface area contributed by atoms with E-state index in [2.05, 4.69) is 10.2 Å². The monoisotopic (exact) mass is 343 g/mol. The van der Waals surface area contributed by atoms with Crippen LogP contribution in [0.15, 0.2) is 36.0 Å². The SMILES string of the molecule is CON(C)C(=O)C(=N)C(=O)/C(C)=C\Nc1cccc(C(F)(F)F)c1. The van der Waals surface area contributed by atoms with Gasteiger partial charge in [0.05, 0.1) is 12.7 Å². The van der Waals surface area contributed by atoms with Crippen molar-refractivity contribution in [2.24, 2.45) is 0 Å². The molecule has 0 aliphatic carbocycles. The summed E-state index contributed by atoms with van der Waals surface area (Å²) >= 11 is 0. The molecule has 0 heterocycles. The zero-order valence-corrected chi connectivity index (χ0v) is 13.2. The molecule has 6 nitrogen and oxygen atoms in total. The first kappa shape index (κ1) is 19.4. The summed E-state index contributed by atoms with van der Waals surface area (Å²) < 4.78 is 37.9. The van der Waals surface area contributed by atoms with Crippen molar-refractivity contribution < 1.29 is 27.6 Å². The van der Waals surface area contributed by atoms with E-state index in [-0.39, 0.29) is 11.3 Å². The van der Waals surface area contributed by atoms with E-state index in [0.29, 0.717) is 5.06 Å². The molecule has 24 heavy (non-hydrogen) atoms. The second-order valence-corrected chi connectivity index (χ2v) is 4.74. The molecule has 0 radical (unpaired) electrons. The van der Waals surface area contributed by atoms with Crippen molar-refractivity contribution in [3.63, 3.8) is 0 Å². The van der Waals surface area contributed by atoms with E-state index >= 15 is 0 Å². The van der Waals surface area contributed by atoms with Crippen LogP contribution in [0.4, 0.5) is 18.9 Å². The van der Waals surface area contributed by atoms with Gasteiger partial charge in [0.15, 0.2) is 5.71 Å². The molecule has 0 fully saturated rings. The molecule has 0 aliphatic heterocycles. The Morgan fingerprint density at radius 1 is 1.33 bits per heavy atom. The topological polar surface area (TPSA) is 82.5 Å². The van der Waals surface area contributed by atoms with Crippen LogP contribution >= 0.6 is 0 Å². The van der Waals surface area contributed by atoms with Crippen LogP contribution in [0.1, 0.15) is 12.5 Å². The highest BCUT2D eigenvalue weighted by Crippen LogP contribution is 2.30. The van der Waals surface area contributed by atoms with Gasteiger partial charge in [-0.1, -0.05) is 6.07 Å². The van der Waals surface area contributed by atoms with Gasteiger partial charge in [-0.3, -0.25) is 19.8 Å². The Labute approximate surface area is 136 Å². The van der Waals surface area contributed by atoms with E-state index in [1.54, 1.807) is 0 Å². The van der Waals surface area contributed by atoms with Gasteiger partial charge in [-0.15, -0.1) is 0 Å². The van der Waals surface area contributed by atoms with Crippen LogP contribution < -0.4 is 5.32 Å². The second-order valence-electron chi connectivity index (χ2n) is 4.74. The predicted molar refractivity (Wildman–Crippen MR) is 81.3 cm³/mol. The smallest absolute Gasteiger partial charge is 0.361 e. The second kappa shape index (κ2) is 7.73. The molecular weight excluding hydrogens is 327 g/mol. The Morgan fingerprint density at radius 3 is 2.50 bits per heavy atom. The molecule has 0 unspecified atom stereocenters. The largest absolute Gasteiger partial charge is 0.416 e. The molecule has 2 N–H and O–H groups in total. The summed E-state index contributed by atoms with van der Waals surface area (Å²) in [6.07, 6.45) is -3.35. The number of hydrogen-bond donors (Lipinski definition) is 2. The summed E-state index contributed by atoms with van der Waals surface area (Å²) in [6.45, 7) is 1.33. The van der Waals surface area contributed by atoms with E-state index in [1.165, 1.54) is 33.2 Å². The first-order chi connectivity index (χ1) is 11.1. The molecule has 1 amide bonds. The van der Waals surface area contributed by atoms with Crippen molar-refractivity contribution in [3.8, 4) is 0 Å². The predicted octanol–water partition coefficient (Wildman–Crippen LogP) is 2.63. The van der Waals surface area contributed by atoms with Gasteiger partial charge in [0, 0.05) is 24.5 Å². The standard InChI is InChI=1S/C15H16F3N3O3/c1-9(13(22)12(19)14(23)21(2)24-3)8-20-11-6-4-5-10(7-11)15(16,17)18/h4-8,19-20H,1-3H3/b9-8-,19-12?.